The first-order valence-corrected chi connectivity index (χ1v) is 4.23. The van der Waals surface area contributed by atoms with Crippen LogP contribution in [0.4, 0.5) is 0 Å². The van der Waals surface area contributed by atoms with Crippen molar-refractivity contribution in [2.45, 2.75) is 6.92 Å². The Balaban J connectivity index is 2.46. The fourth-order valence-electron chi connectivity index (χ4n) is 0.620. The molecule has 0 aromatic carbocycles. The van der Waals surface area contributed by atoms with Crippen molar-refractivity contribution in [2.75, 3.05) is 6.61 Å². The van der Waals surface area contributed by atoms with Crippen molar-refractivity contribution in [3.8, 4) is 0 Å². The number of carbonyl (C=O) groups excluding carboxylic acids is 1. The maximum absolute atomic E-state index is 11.0. The van der Waals surface area contributed by atoms with Gasteiger partial charge in [-0.25, -0.2) is 4.79 Å². The molecular formula is C7H9NO2S. The van der Waals surface area contributed by atoms with Crippen molar-refractivity contribution in [1.29, 1.82) is 0 Å². The standard InChI is InChI=1S/C7H9NO2S/c1-2-10-7(9)6-5-11-4-3-8-6/h3-5,8H,2H2,1H3. The van der Waals surface area contributed by atoms with E-state index in [1.807, 2.05) is 5.41 Å². The summed E-state index contributed by atoms with van der Waals surface area (Å²) in [6, 6.07) is 0. The largest absolute Gasteiger partial charge is 0.461 e. The Bertz CT molecular complexity index is 210. The Morgan fingerprint density at radius 2 is 2.64 bits per heavy atom. The zero-order valence-electron chi connectivity index (χ0n) is 6.16. The van der Waals surface area contributed by atoms with Crippen molar-refractivity contribution < 1.29 is 9.53 Å². The molecule has 4 heteroatoms. The Morgan fingerprint density at radius 1 is 1.82 bits per heavy atom. The van der Waals surface area contributed by atoms with Gasteiger partial charge in [-0.1, -0.05) is 0 Å². The third-order valence-corrected chi connectivity index (χ3v) is 1.73. The summed E-state index contributed by atoms with van der Waals surface area (Å²) in [5.41, 5.74) is 0.499. The number of hydrogen-bond acceptors (Lipinski definition) is 4. The molecule has 1 heterocycles. The minimum atomic E-state index is -0.302. The average Bonchev–Trinajstić information content (AvgIpc) is 2.07. The molecule has 0 fully saturated rings. The molecule has 3 nitrogen and oxygen atoms in total. The van der Waals surface area contributed by atoms with E-state index >= 15 is 0 Å². The molecule has 0 spiro atoms. The number of ether oxygens (including phenoxy) is 1. The van der Waals surface area contributed by atoms with Gasteiger partial charge in [0.1, 0.15) is 5.70 Å². The molecular weight excluding hydrogens is 162 g/mol. The molecule has 0 atom stereocenters. The second-order valence-corrected chi connectivity index (χ2v) is 2.62. The number of nitrogens with one attached hydrogen (secondary N) is 1. The zero-order valence-corrected chi connectivity index (χ0v) is 6.98. The summed E-state index contributed by atoms with van der Waals surface area (Å²) < 4.78 is 4.76. The smallest absolute Gasteiger partial charge is 0.355 e. The van der Waals surface area contributed by atoms with Gasteiger partial charge in [-0.05, 0) is 12.3 Å². The third kappa shape index (κ3) is 2.31. The second kappa shape index (κ2) is 4.08. The highest BCUT2D eigenvalue weighted by molar-refractivity contribution is 8.05. The van der Waals surface area contributed by atoms with Gasteiger partial charge in [-0.3, -0.25) is 0 Å². The van der Waals surface area contributed by atoms with Crippen LogP contribution in [0.3, 0.4) is 0 Å². The predicted octanol–water partition coefficient (Wildman–Crippen LogP) is 1.20. The number of thioether (sulfide) groups is 1. The lowest BCUT2D eigenvalue weighted by atomic mass is 10.5. The van der Waals surface area contributed by atoms with E-state index in [4.69, 9.17) is 4.74 Å². The number of hydrogen-bond donors (Lipinski definition) is 1. The van der Waals surface area contributed by atoms with Crippen LogP contribution >= 0.6 is 11.8 Å². The molecule has 0 unspecified atom stereocenters. The molecule has 1 aliphatic rings. The summed E-state index contributed by atoms with van der Waals surface area (Å²) in [7, 11) is 0. The predicted molar refractivity (Wildman–Crippen MR) is 44.6 cm³/mol. The van der Waals surface area contributed by atoms with Gasteiger partial charge in [-0.15, -0.1) is 11.8 Å². The van der Waals surface area contributed by atoms with Crippen LogP contribution in [0.1, 0.15) is 6.92 Å². The van der Waals surface area contributed by atoms with Gasteiger partial charge in [0, 0.05) is 11.6 Å². The molecule has 1 aliphatic heterocycles. The molecule has 0 aromatic heterocycles. The van der Waals surface area contributed by atoms with E-state index in [2.05, 4.69) is 5.32 Å². The van der Waals surface area contributed by atoms with E-state index < -0.39 is 0 Å². The minimum absolute atomic E-state index is 0.302. The molecule has 0 bridgehead atoms. The van der Waals surface area contributed by atoms with Gasteiger partial charge in [0.2, 0.25) is 0 Å². The third-order valence-electron chi connectivity index (χ3n) is 1.07. The summed E-state index contributed by atoms with van der Waals surface area (Å²) in [4.78, 5) is 11.0. The molecule has 11 heavy (non-hydrogen) atoms. The van der Waals surface area contributed by atoms with Gasteiger partial charge >= 0.3 is 5.97 Å². The first-order chi connectivity index (χ1) is 5.34. The summed E-state index contributed by atoms with van der Waals surface area (Å²) >= 11 is 1.45. The molecule has 0 amide bonds. The Labute approximate surface area is 69.5 Å². The fraction of sp³-hybridized carbons (Fsp3) is 0.286. The van der Waals surface area contributed by atoms with Gasteiger partial charge in [0.05, 0.1) is 6.61 Å². The van der Waals surface area contributed by atoms with Gasteiger partial charge < -0.3 is 10.1 Å². The zero-order chi connectivity index (χ0) is 8.10. The minimum Gasteiger partial charge on any atom is -0.461 e. The van der Waals surface area contributed by atoms with E-state index in [1.54, 1.807) is 18.5 Å². The molecule has 60 valence electrons. The molecule has 0 saturated carbocycles. The van der Waals surface area contributed by atoms with E-state index in [0.29, 0.717) is 12.3 Å². The SMILES string of the molecule is CCOC(=O)C1=CSC=CN1. The Hall–Kier alpha value is -0.900. The summed E-state index contributed by atoms with van der Waals surface area (Å²) in [5.74, 6) is -0.302. The summed E-state index contributed by atoms with van der Waals surface area (Å²) in [6.07, 6.45) is 1.71. The highest BCUT2D eigenvalue weighted by atomic mass is 32.2. The molecule has 1 N–H and O–H groups in total. The molecule has 0 radical (unpaired) electrons. The molecule has 0 saturated heterocycles. The summed E-state index contributed by atoms with van der Waals surface area (Å²) in [5, 5.41) is 6.36. The van der Waals surface area contributed by atoms with Crippen molar-refractivity contribution in [2.24, 2.45) is 0 Å². The van der Waals surface area contributed by atoms with Crippen molar-refractivity contribution in [1.82, 2.24) is 5.32 Å². The normalized spacial score (nSPS) is 15.2. The van der Waals surface area contributed by atoms with Crippen LogP contribution in [0.15, 0.2) is 22.7 Å². The van der Waals surface area contributed by atoms with E-state index in [1.165, 1.54) is 11.8 Å². The fourth-order valence-corrected chi connectivity index (χ4v) is 1.15. The van der Waals surface area contributed by atoms with Crippen LogP contribution in [-0.4, -0.2) is 12.6 Å². The van der Waals surface area contributed by atoms with Gasteiger partial charge in [0.15, 0.2) is 0 Å². The average molecular weight is 171 g/mol. The van der Waals surface area contributed by atoms with E-state index in [-0.39, 0.29) is 5.97 Å². The lowest BCUT2D eigenvalue weighted by Gasteiger charge is -2.08. The number of rotatable bonds is 2. The van der Waals surface area contributed by atoms with Crippen LogP contribution in [0.25, 0.3) is 0 Å². The first kappa shape index (κ1) is 8.20. The van der Waals surface area contributed by atoms with Gasteiger partial charge in [0.25, 0.3) is 0 Å². The van der Waals surface area contributed by atoms with Crippen molar-refractivity contribution >= 4 is 17.7 Å². The first-order valence-electron chi connectivity index (χ1n) is 3.29. The van der Waals surface area contributed by atoms with Gasteiger partial charge in [-0.2, -0.15) is 0 Å². The van der Waals surface area contributed by atoms with Crippen LogP contribution in [0.5, 0.6) is 0 Å². The van der Waals surface area contributed by atoms with E-state index in [0.717, 1.165) is 0 Å². The lowest BCUT2D eigenvalue weighted by Crippen LogP contribution is -2.18. The Kier molecular flexibility index (Phi) is 3.04. The van der Waals surface area contributed by atoms with Crippen LogP contribution in [0.2, 0.25) is 0 Å². The van der Waals surface area contributed by atoms with Crippen molar-refractivity contribution in [3.63, 3.8) is 0 Å². The molecule has 0 aromatic rings. The van der Waals surface area contributed by atoms with Crippen LogP contribution in [-0.2, 0) is 9.53 Å². The molecule has 0 aliphatic carbocycles. The van der Waals surface area contributed by atoms with Crippen LogP contribution < -0.4 is 5.32 Å². The number of esters is 1. The highest BCUT2D eigenvalue weighted by Crippen LogP contribution is 2.12. The lowest BCUT2D eigenvalue weighted by molar-refractivity contribution is -0.138. The topological polar surface area (TPSA) is 38.3 Å². The Morgan fingerprint density at radius 3 is 3.18 bits per heavy atom. The second-order valence-electron chi connectivity index (χ2n) is 1.84. The quantitative estimate of drug-likeness (QED) is 0.633. The maximum atomic E-state index is 11.0. The van der Waals surface area contributed by atoms with Crippen LogP contribution in [0, 0.1) is 0 Å². The highest BCUT2D eigenvalue weighted by Gasteiger charge is 2.09. The summed E-state index contributed by atoms with van der Waals surface area (Å²) in [6.45, 7) is 2.19. The molecule has 1 rings (SSSR count). The monoisotopic (exact) mass is 171 g/mol. The maximum Gasteiger partial charge on any atom is 0.355 e. The van der Waals surface area contributed by atoms with Crippen molar-refractivity contribution in [3.05, 3.63) is 22.7 Å². The van der Waals surface area contributed by atoms with E-state index in [9.17, 15) is 4.79 Å². The number of carbonyl (C=O) groups is 1.